The highest BCUT2D eigenvalue weighted by Crippen LogP contribution is 2.19. The number of hydrogen-bond donors (Lipinski definition) is 6. The van der Waals surface area contributed by atoms with Gasteiger partial charge in [0.1, 0.15) is 30.5 Å². The summed E-state index contributed by atoms with van der Waals surface area (Å²) in [5.74, 6) is -1.90. The molecule has 0 aromatic heterocycles. The van der Waals surface area contributed by atoms with Crippen molar-refractivity contribution in [2.45, 2.75) is 90.0 Å². The van der Waals surface area contributed by atoms with Gasteiger partial charge in [-0.15, -0.1) is 0 Å². The standard InChI is InChI=1S/C39H53N7O12/c1-26(2)34(45-33(47)20-23-55-24-22-42-38(51)57-30-9-6-4-3-5-7-10-30)36(49)44-32(11-8-21-41-37(40)50)35(48)43-28-14-12-27(13-15-28)25-56-39(52)58-31-18-16-29(17-19-31)46(53)54/h3-4,12-19,26,30,32,34H,5-11,20-25H2,1-2H3,(H,42,51)(H,43,48)(H,44,49)(H,45,47)(H3,40,41,50)/b4-3+/t30?,32-,34+/m0/s1. The van der Waals surface area contributed by atoms with Crippen molar-refractivity contribution < 1.29 is 52.6 Å². The highest BCUT2D eigenvalue weighted by Gasteiger charge is 2.29. The van der Waals surface area contributed by atoms with Crippen molar-refractivity contribution in [1.82, 2.24) is 21.3 Å². The lowest BCUT2D eigenvalue weighted by molar-refractivity contribution is -0.384. The van der Waals surface area contributed by atoms with E-state index in [9.17, 15) is 38.9 Å². The van der Waals surface area contributed by atoms with Crippen molar-refractivity contribution in [3.8, 4) is 5.75 Å². The molecule has 0 radical (unpaired) electrons. The summed E-state index contributed by atoms with van der Waals surface area (Å²) in [7, 11) is 0. The van der Waals surface area contributed by atoms with E-state index in [4.69, 9.17) is 24.7 Å². The third-order valence-electron chi connectivity index (χ3n) is 8.68. The normalized spacial score (nSPS) is 15.3. The minimum absolute atomic E-state index is 0.0407. The third-order valence-corrected chi connectivity index (χ3v) is 8.68. The van der Waals surface area contributed by atoms with Crippen LogP contribution in [0.4, 0.5) is 25.8 Å². The molecule has 1 unspecified atom stereocenters. The molecule has 1 aliphatic carbocycles. The van der Waals surface area contributed by atoms with Crippen LogP contribution in [-0.4, -0.2) is 85.4 Å². The van der Waals surface area contributed by atoms with Crippen molar-refractivity contribution in [1.29, 1.82) is 0 Å². The van der Waals surface area contributed by atoms with Gasteiger partial charge in [0.25, 0.3) is 5.69 Å². The van der Waals surface area contributed by atoms with Crippen LogP contribution in [0.3, 0.4) is 0 Å². The molecule has 3 rings (SSSR count). The van der Waals surface area contributed by atoms with E-state index in [1.807, 2.05) is 0 Å². The van der Waals surface area contributed by atoms with Crippen LogP contribution in [0.2, 0.25) is 0 Å². The van der Waals surface area contributed by atoms with Crippen molar-refractivity contribution in [3.05, 3.63) is 76.4 Å². The predicted octanol–water partition coefficient (Wildman–Crippen LogP) is 4.34. The number of ether oxygens (including phenoxy) is 4. The molecule has 2 aromatic rings. The SMILES string of the molecule is CC(C)[C@@H](NC(=O)CCOCCNC(=O)OC1CC/C=C/CCC1)C(=O)N[C@@H](CCCNC(N)=O)C(=O)Nc1ccc(COC(=O)Oc2ccc([N+](=O)[O-])cc2)cc1. The number of nitrogens with zero attached hydrogens (tertiary/aromatic N) is 1. The first-order chi connectivity index (χ1) is 27.8. The average molecular weight is 812 g/mol. The summed E-state index contributed by atoms with van der Waals surface area (Å²) in [6, 6.07) is 8.41. The summed E-state index contributed by atoms with van der Waals surface area (Å²) < 4.78 is 21.1. The summed E-state index contributed by atoms with van der Waals surface area (Å²) in [5, 5.41) is 24.0. The zero-order valence-corrected chi connectivity index (χ0v) is 32.7. The highest BCUT2D eigenvalue weighted by molar-refractivity contribution is 5.98. The van der Waals surface area contributed by atoms with E-state index >= 15 is 0 Å². The number of allylic oxidation sites excluding steroid dienone is 2. The van der Waals surface area contributed by atoms with Crippen LogP contribution in [0.15, 0.2) is 60.7 Å². The quantitative estimate of drug-likeness (QED) is 0.0257. The van der Waals surface area contributed by atoms with Crippen LogP contribution in [0.5, 0.6) is 5.75 Å². The lowest BCUT2D eigenvalue weighted by Gasteiger charge is -2.25. The molecule has 19 nitrogen and oxygen atoms in total. The zero-order valence-electron chi connectivity index (χ0n) is 32.7. The second-order valence-corrected chi connectivity index (χ2v) is 13.7. The Labute approximate surface area is 336 Å². The van der Waals surface area contributed by atoms with E-state index in [1.165, 1.54) is 24.3 Å². The van der Waals surface area contributed by atoms with E-state index in [1.54, 1.807) is 38.1 Å². The molecule has 3 atom stereocenters. The molecular weight excluding hydrogens is 758 g/mol. The summed E-state index contributed by atoms with van der Waals surface area (Å²) in [5.41, 5.74) is 5.91. The van der Waals surface area contributed by atoms with Crippen LogP contribution in [0.1, 0.15) is 70.8 Å². The van der Waals surface area contributed by atoms with Gasteiger partial charge in [-0.1, -0.05) is 38.1 Å². The largest absolute Gasteiger partial charge is 0.514 e. The van der Waals surface area contributed by atoms with E-state index in [2.05, 4.69) is 38.7 Å². The Morgan fingerprint density at radius 3 is 2.29 bits per heavy atom. The van der Waals surface area contributed by atoms with Crippen molar-refractivity contribution in [3.63, 3.8) is 0 Å². The Balaban J connectivity index is 1.46. The van der Waals surface area contributed by atoms with Gasteiger partial charge in [-0.2, -0.15) is 0 Å². The van der Waals surface area contributed by atoms with E-state index in [-0.39, 0.29) is 75.6 Å². The van der Waals surface area contributed by atoms with Crippen molar-refractivity contribution >= 4 is 47.4 Å². The zero-order chi connectivity index (χ0) is 42.3. The number of carbonyl (C=O) groups excluding carboxylic acids is 6. The monoisotopic (exact) mass is 811 g/mol. The summed E-state index contributed by atoms with van der Waals surface area (Å²) >= 11 is 0. The molecular formula is C39H53N7O12. The molecule has 6 amide bonds. The molecule has 0 fully saturated rings. The van der Waals surface area contributed by atoms with Crippen LogP contribution in [0, 0.1) is 16.0 Å². The number of nitro groups is 1. The Bertz CT molecular complexity index is 1700. The number of anilines is 1. The van der Waals surface area contributed by atoms with Gasteiger partial charge in [0, 0.05) is 37.3 Å². The minimum atomic E-state index is -1.07. The molecule has 7 N–H and O–H groups in total. The first-order valence-corrected chi connectivity index (χ1v) is 19.1. The number of carbonyl (C=O) groups is 6. The van der Waals surface area contributed by atoms with Gasteiger partial charge in [-0.25, -0.2) is 14.4 Å². The third kappa shape index (κ3) is 18.1. The van der Waals surface area contributed by atoms with Crippen molar-refractivity contribution in [2.24, 2.45) is 11.7 Å². The number of urea groups is 1. The maximum atomic E-state index is 13.5. The van der Waals surface area contributed by atoms with Gasteiger partial charge < -0.3 is 51.3 Å². The predicted molar refractivity (Wildman–Crippen MR) is 210 cm³/mol. The van der Waals surface area contributed by atoms with Gasteiger partial charge in [0.15, 0.2) is 0 Å². The summed E-state index contributed by atoms with van der Waals surface area (Å²) in [4.78, 5) is 85.3. The molecule has 19 heteroatoms. The number of rotatable bonds is 21. The molecule has 316 valence electrons. The smallest absolute Gasteiger partial charge is 0.446 e. The Morgan fingerprint density at radius 2 is 1.60 bits per heavy atom. The second-order valence-electron chi connectivity index (χ2n) is 13.7. The molecule has 1 aliphatic rings. The fourth-order valence-electron chi connectivity index (χ4n) is 5.57. The topological polar surface area (TPSA) is 269 Å². The molecule has 0 heterocycles. The number of nitrogens with two attached hydrogens (primary N) is 1. The van der Waals surface area contributed by atoms with E-state index in [0.717, 1.165) is 32.1 Å². The van der Waals surface area contributed by atoms with Crippen LogP contribution < -0.4 is 37.1 Å². The molecule has 0 aliphatic heterocycles. The number of primary amides is 1. The number of alkyl carbamates (subject to hydrolysis) is 1. The van der Waals surface area contributed by atoms with Gasteiger partial charge >= 0.3 is 18.3 Å². The summed E-state index contributed by atoms with van der Waals surface area (Å²) in [6.07, 6.45) is 7.31. The first kappa shape index (κ1) is 46.1. The van der Waals surface area contributed by atoms with Crippen LogP contribution in [0.25, 0.3) is 0 Å². The Morgan fingerprint density at radius 1 is 0.879 bits per heavy atom. The number of non-ortho nitro benzene ring substituents is 1. The molecule has 0 saturated carbocycles. The molecule has 0 bridgehead atoms. The first-order valence-electron chi connectivity index (χ1n) is 19.1. The van der Waals surface area contributed by atoms with E-state index in [0.29, 0.717) is 11.3 Å². The number of nitro benzene ring substituents is 1. The number of benzene rings is 2. The fourth-order valence-corrected chi connectivity index (χ4v) is 5.57. The lowest BCUT2D eigenvalue weighted by Crippen LogP contribution is -2.54. The van der Waals surface area contributed by atoms with Gasteiger partial charge in [0.2, 0.25) is 17.7 Å². The van der Waals surface area contributed by atoms with E-state index < -0.39 is 53.0 Å². The lowest BCUT2D eigenvalue weighted by atomic mass is 10.0. The molecule has 0 spiro atoms. The molecule has 0 saturated heterocycles. The highest BCUT2D eigenvalue weighted by atomic mass is 16.7. The second kappa shape index (κ2) is 25.1. The van der Waals surface area contributed by atoms with Gasteiger partial charge in [-0.3, -0.25) is 24.5 Å². The minimum Gasteiger partial charge on any atom is -0.446 e. The number of nitrogens with one attached hydrogen (secondary N) is 5. The van der Waals surface area contributed by atoms with Gasteiger partial charge in [-0.05, 0) is 80.7 Å². The summed E-state index contributed by atoms with van der Waals surface area (Å²) in [6.45, 7) is 3.85. The molecule has 2 aromatic carbocycles. The Kier molecular flexibility index (Phi) is 20.0. The fraction of sp³-hybridized carbons (Fsp3) is 0.487. The van der Waals surface area contributed by atoms with Crippen LogP contribution in [-0.2, 0) is 35.2 Å². The van der Waals surface area contributed by atoms with Crippen molar-refractivity contribution in [2.75, 3.05) is 31.6 Å². The average Bonchev–Trinajstić information content (AvgIpc) is 3.17. The Hall–Kier alpha value is -6.24. The number of hydrogen-bond acceptors (Lipinski definition) is 12. The van der Waals surface area contributed by atoms with Crippen LogP contribution >= 0.6 is 0 Å². The molecule has 58 heavy (non-hydrogen) atoms. The maximum absolute atomic E-state index is 13.5. The maximum Gasteiger partial charge on any atom is 0.514 e. The van der Waals surface area contributed by atoms with Gasteiger partial charge in [0.05, 0.1) is 18.1 Å². The number of amides is 6.